The molecule has 4 rings (SSSR count). The molecule has 2 aromatic heterocycles. The summed E-state index contributed by atoms with van der Waals surface area (Å²) >= 11 is 1.40. The van der Waals surface area contributed by atoms with Crippen molar-refractivity contribution in [2.75, 3.05) is 14.2 Å². The molecule has 0 aliphatic rings. The molecule has 0 spiro atoms. The van der Waals surface area contributed by atoms with Gasteiger partial charge in [-0.3, -0.25) is 0 Å². The van der Waals surface area contributed by atoms with Gasteiger partial charge in [-0.2, -0.15) is 0 Å². The third-order valence-electron chi connectivity index (χ3n) is 4.86. The molecule has 31 heavy (non-hydrogen) atoms. The first-order valence-corrected chi connectivity index (χ1v) is 11.7. The van der Waals surface area contributed by atoms with E-state index in [9.17, 15) is 12.8 Å². The zero-order valence-electron chi connectivity index (χ0n) is 17.1. The quantitative estimate of drug-likeness (QED) is 0.379. The molecule has 4 aromatic rings. The fraction of sp³-hybridized carbons (Fsp3) is 0.130. The van der Waals surface area contributed by atoms with E-state index in [1.54, 1.807) is 55.8 Å². The van der Waals surface area contributed by atoms with Gasteiger partial charge in [0.05, 0.1) is 29.7 Å². The third kappa shape index (κ3) is 3.73. The van der Waals surface area contributed by atoms with Crippen molar-refractivity contribution < 1.29 is 22.3 Å². The number of hydrogen-bond acceptors (Lipinski definition) is 5. The number of hydrogen-bond donors (Lipinski definition) is 0. The third-order valence-corrected chi connectivity index (χ3v) is 7.52. The Morgan fingerprint density at radius 1 is 1.00 bits per heavy atom. The molecule has 0 aliphatic carbocycles. The second-order valence-electron chi connectivity index (χ2n) is 6.88. The summed E-state index contributed by atoms with van der Waals surface area (Å²) in [5.74, 6) is 0.644. The number of thiophene rings is 1. The Kier molecular flexibility index (Phi) is 5.60. The lowest BCUT2D eigenvalue weighted by Crippen LogP contribution is -2.13. The standard InChI is InChI=1S/C23H20FNO4S2/c1-15-11-20(18-9-4-5-10-19(18)24)25(13-15)31(26,27)17-8-6-7-16(12-17)23-22(29-3)21(28-2)14-30-23/h4-14H,1-3H3. The first kappa shape index (κ1) is 21.1. The van der Waals surface area contributed by atoms with Gasteiger partial charge in [-0.1, -0.05) is 24.3 Å². The van der Waals surface area contributed by atoms with Crippen LogP contribution in [0.1, 0.15) is 5.56 Å². The first-order valence-electron chi connectivity index (χ1n) is 9.36. The second kappa shape index (κ2) is 8.20. The van der Waals surface area contributed by atoms with Crippen LogP contribution in [-0.2, 0) is 10.0 Å². The maximum absolute atomic E-state index is 14.4. The van der Waals surface area contributed by atoms with Gasteiger partial charge in [-0.05, 0) is 48.4 Å². The van der Waals surface area contributed by atoms with Crippen LogP contribution in [0.5, 0.6) is 11.5 Å². The van der Waals surface area contributed by atoms with Crippen molar-refractivity contribution in [3.63, 3.8) is 0 Å². The van der Waals surface area contributed by atoms with E-state index < -0.39 is 15.8 Å². The molecule has 2 heterocycles. The summed E-state index contributed by atoms with van der Waals surface area (Å²) in [6.45, 7) is 1.77. The van der Waals surface area contributed by atoms with E-state index in [4.69, 9.17) is 9.47 Å². The Hall–Kier alpha value is -3.10. The summed E-state index contributed by atoms with van der Waals surface area (Å²) in [6, 6.07) is 14.4. The van der Waals surface area contributed by atoms with Crippen molar-refractivity contribution in [2.24, 2.45) is 0 Å². The molecular formula is C23H20FNO4S2. The summed E-state index contributed by atoms with van der Waals surface area (Å²) in [5.41, 5.74) is 1.89. The molecule has 0 bridgehead atoms. The fourth-order valence-corrected chi connectivity index (χ4v) is 5.86. The highest BCUT2D eigenvalue weighted by Gasteiger charge is 2.24. The van der Waals surface area contributed by atoms with Gasteiger partial charge in [0.1, 0.15) is 5.82 Å². The van der Waals surface area contributed by atoms with E-state index in [1.807, 2.05) is 6.07 Å². The number of aromatic nitrogens is 1. The van der Waals surface area contributed by atoms with Gasteiger partial charge in [0.2, 0.25) is 0 Å². The zero-order chi connectivity index (χ0) is 22.2. The average molecular weight is 458 g/mol. The maximum Gasteiger partial charge on any atom is 0.268 e. The summed E-state index contributed by atoms with van der Waals surface area (Å²) in [7, 11) is -0.891. The minimum Gasteiger partial charge on any atom is -0.492 e. The highest BCUT2D eigenvalue weighted by atomic mass is 32.2. The molecule has 0 saturated carbocycles. The Labute approximate surface area is 184 Å². The predicted octanol–water partition coefficient (Wildman–Crippen LogP) is 5.59. The normalized spacial score (nSPS) is 11.5. The molecule has 0 unspecified atom stereocenters. The number of halogens is 1. The highest BCUT2D eigenvalue weighted by Crippen LogP contribution is 2.44. The molecular weight excluding hydrogens is 437 g/mol. The smallest absolute Gasteiger partial charge is 0.268 e. The Bertz CT molecular complexity index is 1360. The number of methoxy groups -OCH3 is 2. The van der Waals surface area contributed by atoms with Crippen LogP contribution in [-0.4, -0.2) is 26.6 Å². The Morgan fingerprint density at radius 3 is 2.48 bits per heavy atom. The summed E-state index contributed by atoms with van der Waals surface area (Å²) in [4.78, 5) is 0.849. The Balaban J connectivity index is 1.85. The average Bonchev–Trinajstić information content (AvgIpc) is 3.37. The largest absolute Gasteiger partial charge is 0.492 e. The second-order valence-corrected chi connectivity index (χ2v) is 9.57. The minimum absolute atomic E-state index is 0.0904. The first-order chi connectivity index (χ1) is 14.9. The van der Waals surface area contributed by atoms with Crippen LogP contribution < -0.4 is 9.47 Å². The lowest BCUT2D eigenvalue weighted by Gasteiger charge is -2.12. The summed E-state index contributed by atoms with van der Waals surface area (Å²) < 4.78 is 53.4. The molecule has 0 N–H and O–H groups in total. The topological polar surface area (TPSA) is 57.5 Å². The van der Waals surface area contributed by atoms with E-state index in [2.05, 4.69) is 0 Å². The molecule has 5 nitrogen and oxygen atoms in total. The van der Waals surface area contributed by atoms with Crippen LogP contribution in [0.4, 0.5) is 4.39 Å². The highest BCUT2D eigenvalue weighted by molar-refractivity contribution is 7.90. The lowest BCUT2D eigenvalue weighted by atomic mass is 10.1. The molecule has 0 fully saturated rings. The monoisotopic (exact) mass is 457 g/mol. The van der Waals surface area contributed by atoms with Gasteiger partial charge >= 0.3 is 0 Å². The molecule has 160 valence electrons. The molecule has 2 aromatic carbocycles. The predicted molar refractivity (Wildman–Crippen MR) is 120 cm³/mol. The number of nitrogens with zero attached hydrogens (tertiary/aromatic N) is 1. The van der Waals surface area contributed by atoms with Crippen molar-refractivity contribution in [1.29, 1.82) is 0 Å². The van der Waals surface area contributed by atoms with E-state index in [1.165, 1.54) is 36.8 Å². The van der Waals surface area contributed by atoms with Crippen LogP contribution in [0.2, 0.25) is 0 Å². The molecule has 0 aliphatic heterocycles. The van der Waals surface area contributed by atoms with E-state index >= 15 is 0 Å². The fourth-order valence-electron chi connectivity index (χ4n) is 3.41. The number of ether oxygens (including phenoxy) is 2. The van der Waals surface area contributed by atoms with Gasteiger partial charge in [-0.25, -0.2) is 16.8 Å². The molecule has 8 heteroatoms. The van der Waals surface area contributed by atoms with Gasteiger partial charge in [0.25, 0.3) is 10.0 Å². The van der Waals surface area contributed by atoms with E-state index in [-0.39, 0.29) is 16.2 Å². The number of rotatable bonds is 6. The van der Waals surface area contributed by atoms with Gasteiger partial charge in [0, 0.05) is 17.1 Å². The van der Waals surface area contributed by atoms with Crippen molar-refractivity contribution in [3.05, 3.63) is 77.6 Å². The van der Waals surface area contributed by atoms with Crippen LogP contribution in [0.3, 0.4) is 0 Å². The molecule has 0 amide bonds. The van der Waals surface area contributed by atoms with Gasteiger partial charge < -0.3 is 9.47 Å². The van der Waals surface area contributed by atoms with Crippen LogP contribution in [0.15, 0.2) is 71.1 Å². The van der Waals surface area contributed by atoms with Crippen molar-refractivity contribution in [1.82, 2.24) is 3.97 Å². The number of benzene rings is 2. The molecule has 0 atom stereocenters. The van der Waals surface area contributed by atoms with E-state index in [0.29, 0.717) is 22.6 Å². The maximum atomic E-state index is 14.4. The Morgan fingerprint density at radius 2 is 1.77 bits per heavy atom. The van der Waals surface area contributed by atoms with Crippen LogP contribution >= 0.6 is 11.3 Å². The molecule has 0 saturated heterocycles. The van der Waals surface area contributed by atoms with Crippen LogP contribution in [0, 0.1) is 12.7 Å². The summed E-state index contributed by atoms with van der Waals surface area (Å²) in [5, 5.41) is 1.81. The van der Waals surface area contributed by atoms with Crippen LogP contribution in [0.25, 0.3) is 21.7 Å². The van der Waals surface area contributed by atoms with E-state index in [0.717, 1.165) is 8.85 Å². The summed E-state index contributed by atoms with van der Waals surface area (Å²) in [6.07, 6.45) is 1.50. The lowest BCUT2D eigenvalue weighted by molar-refractivity contribution is 0.359. The SMILES string of the molecule is COc1csc(-c2cccc(S(=O)(=O)n3cc(C)cc3-c3ccccc3F)c2)c1OC. The van der Waals surface area contributed by atoms with Gasteiger partial charge in [0.15, 0.2) is 11.5 Å². The van der Waals surface area contributed by atoms with Crippen molar-refractivity contribution >= 4 is 21.4 Å². The zero-order valence-corrected chi connectivity index (χ0v) is 18.8. The number of aryl methyl sites for hydroxylation is 1. The van der Waals surface area contributed by atoms with Crippen molar-refractivity contribution in [3.8, 4) is 33.2 Å². The minimum atomic E-state index is -3.98. The van der Waals surface area contributed by atoms with Gasteiger partial charge in [-0.15, -0.1) is 11.3 Å². The van der Waals surface area contributed by atoms with Crippen molar-refractivity contribution in [2.45, 2.75) is 11.8 Å². The molecule has 0 radical (unpaired) electrons.